The van der Waals surface area contributed by atoms with E-state index in [1.807, 2.05) is 0 Å². The zero-order valence-corrected chi connectivity index (χ0v) is 21.9. The lowest BCUT2D eigenvalue weighted by Crippen LogP contribution is -2.70. The number of carbonyl (C=O) groups excluding carboxylic acids is 1. The van der Waals surface area contributed by atoms with Gasteiger partial charge in [-0.3, -0.25) is 4.79 Å². The Kier molecular flexibility index (Phi) is 4.37. The van der Waals surface area contributed by atoms with Crippen LogP contribution in [-0.4, -0.2) is 11.6 Å². The lowest BCUT2D eigenvalue weighted by atomic mass is 9.31. The van der Waals surface area contributed by atoms with E-state index in [2.05, 4.69) is 48.5 Å². The molecule has 0 N–H and O–H groups in total. The van der Waals surface area contributed by atoms with Gasteiger partial charge in [0.15, 0.2) is 0 Å². The molecule has 8 fully saturated rings. The number of ether oxygens (including phenoxy) is 1. The molecule has 8 bridgehead atoms. The first-order valence-corrected chi connectivity index (χ1v) is 14.1. The molecule has 0 aliphatic heterocycles. The van der Waals surface area contributed by atoms with Crippen LogP contribution in [0.15, 0.2) is 0 Å². The highest BCUT2D eigenvalue weighted by Crippen LogP contribution is 2.77. The van der Waals surface area contributed by atoms with E-state index in [0.717, 1.165) is 67.1 Å². The van der Waals surface area contributed by atoms with E-state index in [0.29, 0.717) is 0 Å². The molecule has 8 saturated carbocycles. The zero-order chi connectivity index (χ0) is 22.9. The van der Waals surface area contributed by atoms with E-state index < -0.39 is 0 Å². The van der Waals surface area contributed by atoms with Crippen LogP contribution in [0, 0.1) is 63.1 Å². The number of esters is 1. The van der Waals surface area contributed by atoms with Gasteiger partial charge in [-0.25, -0.2) is 0 Å². The fourth-order valence-corrected chi connectivity index (χ4v) is 11.3. The number of carbonyl (C=O) groups is 1. The fourth-order valence-electron chi connectivity index (χ4n) is 11.3. The molecule has 32 heavy (non-hydrogen) atoms. The lowest BCUT2D eigenvalue weighted by molar-refractivity contribution is -0.282. The van der Waals surface area contributed by atoms with Gasteiger partial charge in [-0.2, -0.15) is 0 Å². The van der Waals surface area contributed by atoms with Crippen LogP contribution >= 0.6 is 0 Å². The second kappa shape index (κ2) is 6.37. The normalized spacial score (nSPS) is 49.5. The second-order valence-corrected chi connectivity index (χ2v) is 15.4. The Morgan fingerprint density at radius 3 is 1.62 bits per heavy atom. The van der Waals surface area contributed by atoms with Crippen molar-refractivity contribution in [2.75, 3.05) is 0 Å². The molecule has 0 saturated heterocycles. The highest BCUT2D eigenvalue weighted by molar-refractivity contribution is 5.82. The molecule has 8 aliphatic carbocycles. The van der Waals surface area contributed by atoms with E-state index >= 15 is 0 Å². The van der Waals surface area contributed by atoms with E-state index in [1.165, 1.54) is 38.5 Å². The van der Waals surface area contributed by atoms with E-state index in [-0.39, 0.29) is 33.2 Å². The Balaban J connectivity index is 1.32. The third kappa shape index (κ3) is 2.62. The maximum atomic E-state index is 14.1. The minimum atomic E-state index is -0.277. The van der Waals surface area contributed by atoms with Crippen molar-refractivity contribution in [3.05, 3.63) is 0 Å². The van der Waals surface area contributed by atoms with Gasteiger partial charge in [0.05, 0.1) is 5.41 Å². The third-order valence-corrected chi connectivity index (χ3v) is 12.5. The summed E-state index contributed by atoms with van der Waals surface area (Å²) < 4.78 is 6.96. The Bertz CT molecular complexity index is 751. The summed E-state index contributed by atoms with van der Waals surface area (Å²) in [4.78, 5) is 14.1. The number of hydrogen-bond donors (Lipinski definition) is 0. The van der Waals surface area contributed by atoms with Gasteiger partial charge in [-0.05, 0) is 116 Å². The summed E-state index contributed by atoms with van der Waals surface area (Å²) in [5, 5.41) is 0. The van der Waals surface area contributed by atoms with Gasteiger partial charge < -0.3 is 4.74 Å². The molecule has 8 rings (SSSR count). The van der Waals surface area contributed by atoms with Crippen molar-refractivity contribution >= 4 is 5.97 Å². The maximum Gasteiger partial charge on any atom is 0.313 e. The molecule has 0 radical (unpaired) electrons. The van der Waals surface area contributed by atoms with Gasteiger partial charge in [0.25, 0.3) is 0 Å². The van der Waals surface area contributed by atoms with Crippen LogP contribution < -0.4 is 0 Å². The molecule has 0 amide bonds. The summed E-state index contributed by atoms with van der Waals surface area (Å²) in [6, 6.07) is 0. The molecular formula is C30H48O2. The van der Waals surface area contributed by atoms with Gasteiger partial charge >= 0.3 is 5.97 Å². The Morgan fingerprint density at radius 2 is 1.28 bits per heavy atom. The van der Waals surface area contributed by atoms with E-state index in [4.69, 9.17) is 4.74 Å². The predicted octanol–water partition coefficient (Wildman–Crippen LogP) is 7.65. The fraction of sp³-hybridized carbons (Fsp3) is 0.967. The summed E-state index contributed by atoms with van der Waals surface area (Å²) in [5.74, 6) is 7.07. The summed E-state index contributed by atoms with van der Waals surface area (Å²) >= 11 is 0. The van der Waals surface area contributed by atoms with Crippen LogP contribution in [0.3, 0.4) is 0 Å². The van der Waals surface area contributed by atoms with Gasteiger partial charge in [0.1, 0.15) is 5.60 Å². The molecule has 0 aromatic heterocycles. The van der Waals surface area contributed by atoms with Gasteiger partial charge in [0.2, 0.25) is 0 Å². The predicted molar refractivity (Wildman–Crippen MR) is 129 cm³/mol. The molecule has 2 nitrogen and oxygen atoms in total. The molecule has 8 aliphatic rings. The standard InChI is InChI=1S/C30H48O2/c1-8-30(9-2,32-25(31)29(16-26(3,4)5)17-27(29,6)7)28-13-22-19-10-18-11-20(22)24(15-28)21(12-18)23(19)14-28/h18-24H,8-17H2,1-7H3. The first-order chi connectivity index (χ1) is 14.9. The van der Waals surface area contributed by atoms with Crippen LogP contribution in [-0.2, 0) is 9.53 Å². The van der Waals surface area contributed by atoms with Crippen LogP contribution in [0.2, 0.25) is 0 Å². The third-order valence-electron chi connectivity index (χ3n) is 12.5. The second-order valence-electron chi connectivity index (χ2n) is 15.4. The molecule has 1 atom stereocenters. The summed E-state index contributed by atoms with van der Waals surface area (Å²) in [6.45, 7) is 16.1. The topological polar surface area (TPSA) is 26.3 Å². The summed E-state index contributed by atoms with van der Waals surface area (Å²) in [5.41, 5.74) is -0.0550. The van der Waals surface area contributed by atoms with Crippen molar-refractivity contribution in [2.24, 2.45) is 63.1 Å². The van der Waals surface area contributed by atoms with Gasteiger partial charge in [-0.1, -0.05) is 48.5 Å². The van der Waals surface area contributed by atoms with Crippen molar-refractivity contribution in [1.82, 2.24) is 0 Å². The van der Waals surface area contributed by atoms with Crippen molar-refractivity contribution in [1.29, 1.82) is 0 Å². The molecule has 0 heterocycles. The Hall–Kier alpha value is -0.530. The maximum absolute atomic E-state index is 14.1. The first kappa shape index (κ1) is 22.0. The minimum Gasteiger partial charge on any atom is -0.458 e. The van der Waals surface area contributed by atoms with Gasteiger partial charge in [0, 0.05) is 5.41 Å². The molecule has 180 valence electrons. The molecular weight excluding hydrogens is 392 g/mol. The van der Waals surface area contributed by atoms with E-state index in [9.17, 15) is 4.79 Å². The molecule has 2 heteroatoms. The monoisotopic (exact) mass is 440 g/mol. The first-order valence-electron chi connectivity index (χ1n) is 14.1. The summed E-state index contributed by atoms with van der Waals surface area (Å²) in [7, 11) is 0. The summed E-state index contributed by atoms with van der Waals surface area (Å²) in [6.07, 6.45) is 12.6. The van der Waals surface area contributed by atoms with Gasteiger partial charge in [-0.15, -0.1) is 0 Å². The van der Waals surface area contributed by atoms with Crippen molar-refractivity contribution in [3.63, 3.8) is 0 Å². The van der Waals surface area contributed by atoms with Crippen LogP contribution in [0.5, 0.6) is 0 Å². The van der Waals surface area contributed by atoms with Crippen molar-refractivity contribution < 1.29 is 9.53 Å². The number of hydrogen-bond acceptors (Lipinski definition) is 2. The molecule has 1 unspecified atom stereocenters. The number of rotatable bonds is 6. The quantitative estimate of drug-likeness (QED) is 0.396. The largest absolute Gasteiger partial charge is 0.458 e. The highest BCUT2D eigenvalue weighted by atomic mass is 16.6. The smallest absolute Gasteiger partial charge is 0.313 e. The van der Waals surface area contributed by atoms with Crippen molar-refractivity contribution in [3.8, 4) is 0 Å². The Morgan fingerprint density at radius 1 is 0.844 bits per heavy atom. The SMILES string of the molecule is CCC(CC)(OC(=O)C1(CC(C)(C)C)CC1(C)C)C12CC3C4CC5CC3C(C1)C(C5)C4C2. The average Bonchev–Trinajstić information content (AvgIpc) is 3.28. The van der Waals surface area contributed by atoms with Crippen LogP contribution in [0.1, 0.15) is 113 Å². The highest BCUT2D eigenvalue weighted by Gasteiger charge is 2.73. The molecule has 0 spiro atoms. The Labute approximate surface area is 197 Å². The molecule has 0 aromatic rings. The van der Waals surface area contributed by atoms with Crippen LogP contribution in [0.4, 0.5) is 0 Å². The van der Waals surface area contributed by atoms with Crippen molar-refractivity contribution in [2.45, 2.75) is 118 Å². The average molecular weight is 441 g/mol. The van der Waals surface area contributed by atoms with Crippen LogP contribution in [0.25, 0.3) is 0 Å². The van der Waals surface area contributed by atoms with E-state index in [1.54, 1.807) is 0 Å². The minimum absolute atomic E-state index is 0.0734. The lowest BCUT2D eigenvalue weighted by Gasteiger charge is -2.74. The zero-order valence-electron chi connectivity index (χ0n) is 21.9. The molecule has 0 aromatic carbocycles.